The highest BCUT2D eigenvalue weighted by Gasteiger charge is 2.22. The zero-order valence-electron chi connectivity index (χ0n) is 12.3. The third kappa shape index (κ3) is 3.76. The van der Waals surface area contributed by atoms with Crippen molar-refractivity contribution < 1.29 is 9.53 Å². The number of hydrogen-bond acceptors (Lipinski definition) is 3. The van der Waals surface area contributed by atoms with E-state index in [-0.39, 0.29) is 5.97 Å². The summed E-state index contributed by atoms with van der Waals surface area (Å²) in [5.41, 5.74) is 3.76. The van der Waals surface area contributed by atoms with Crippen LogP contribution in [-0.2, 0) is 9.53 Å². The molecule has 2 rings (SSSR count). The van der Waals surface area contributed by atoms with E-state index < -0.39 is 6.04 Å². The summed E-state index contributed by atoms with van der Waals surface area (Å²) in [6, 6.07) is 12.7. The van der Waals surface area contributed by atoms with E-state index in [1.165, 1.54) is 7.11 Å². The summed E-state index contributed by atoms with van der Waals surface area (Å²) in [7, 11) is 1.38. The summed E-state index contributed by atoms with van der Waals surface area (Å²) in [6.07, 6.45) is 0. The number of carbonyl (C=O) groups is 1. The highest BCUT2D eigenvalue weighted by Crippen LogP contribution is 2.27. The first kappa shape index (κ1) is 15.4. The van der Waals surface area contributed by atoms with Gasteiger partial charge in [0.05, 0.1) is 17.8 Å². The second-order valence-corrected chi connectivity index (χ2v) is 5.41. The van der Waals surface area contributed by atoms with Crippen LogP contribution in [0.2, 0.25) is 5.02 Å². The molecule has 0 heterocycles. The van der Waals surface area contributed by atoms with Crippen LogP contribution < -0.4 is 5.32 Å². The number of benzene rings is 2. The Hall–Kier alpha value is -2.00. The van der Waals surface area contributed by atoms with Gasteiger partial charge in [0, 0.05) is 0 Å². The molecule has 0 spiro atoms. The van der Waals surface area contributed by atoms with Crippen molar-refractivity contribution >= 4 is 23.3 Å². The number of anilines is 1. The maximum absolute atomic E-state index is 12.1. The third-order valence-corrected chi connectivity index (χ3v) is 3.52. The number of para-hydroxylation sites is 1. The number of hydrogen-bond donors (Lipinski definition) is 1. The number of carbonyl (C=O) groups excluding carboxylic acids is 1. The van der Waals surface area contributed by atoms with Gasteiger partial charge in [-0.05, 0) is 31.5 Å². The molecule has 1 atom stereocenters. The molecule has 0 bridgehead atoms. The zero-order valence-corrected chi connectivity index (χ0v) is 13.1. The van der Waals surface area contributed by atoms with Crippen molar-refractivity contribution in [1.82, 2.24) is 0 Å². The predicted molar refractivity (Wildman–Crippen MR) is 85.7 cm³/mol. The first-order valence-electron chi connectivity index (χ1n) is 6.68. The summed E-state index contributed by atoms with van der Waals surface area (Å²) in [4.78, 5) is 12.1. The van der Waals surface area contributed by atoms with Crippen molar-refractivity contribution in [3.63, 3.8) is 0 Å². The van der Waals surface area contributed by atoms with Gasteiger partial charge in [0.2, 0.25) is 0 Å². The Morgan fingerprint density at radius 3 is 2.33 bits per heavy atom. The van der Waals surface area contributed by atoms with E-state index in [4.69, 9.17) is 16.3 Å². The van der Waals surface area contributed by atoms with Crippen LogP contribution in [0.5, 0.6) is 0 Å². The average molecular weight is 304 g/mol. The molecule has 0 saturated carbocycles. The Balaban J connectivity index is 2.39. The van der Waals surface area contributed by atoms with E-state index in [9.17, 15) is 4.79 Å². The molecule has 0 aromatic heterocycles. The molecule has 0 amide bonds. The molecule has 0 radical (unpaired) electrons. The summed E-state index contributed by atoms with van der Waals surface area (Å²) in [6.45, 7) is 4.00. The number of aryl methyl sites for hydroxylation is 2. The fourth-order valence-corrected chi connectivity index (χ4v) is 2.50. The van der Waals surface area contributed by atoms with Crippen molar-refractivity contribution in [2.45, 2.75) is 19.9 Å². The van der Waals surface area contributed by atoms with E-state index in [1.807, 2.05) is 44.2 Å². The van der Waals surface area contributed by atoms with Gasteiger partial charge in [0.25, 0.3) is 0 Å². The quantitative estimate of drug-likeness (QED) is 0.857. The molecule has 0 aliphatic rings. The lowest BCUT2D eigenvalue weighted by atomic mass is 10.0. The number of rotatable bonds is 4. The fraction of sp³-hybridized carbons (Fsp3) is 0.235. The molecule has 0 aliphatic heterocycles. The predicted octanol–water partition coefficient (Wildman–Crippen LogP) is 4.28. The highest BCUT2D eigenvalue weighted by molar-refractivity contribution is 6.33. The molecular weight excluding hydrogens is 286 g/mol. The first-order chi connectivity index (χ1) is 10.0. The summed E-state index contributed by atoms with van der Waals surface area (Å²) in [5.74, 6) is -0.347. The molecule has 2 aromatic carbocycles. The maximum atomic E-state index is 12.1. The van der Waals surface area contributed by atoms with Gasteiger partial charge < -0.3 is 10.1 Å². The molecule has 2 aromatic rings. The van der Waals surface area contributed by atoms with Crippen molar-refractivity contribution in [3.8, 4) is 0 Å². The van der Waals surface area contributed by atoms with Crippen LogP contribution in [0.15, 0.2) is 42.5 Å². The Labute approximate surface area is 129 Å². The number of methoxy groups -OCH3 is 1. The number of esters is 1. The maximum Gasteiger partial charge on any atom is 0.332 e. The van der Waals surface area contributed by atoms with Crippen LogP contribution in [-0.4, -0.2) is 13.1 Å². The Kier molecular flexibility index (Phi) is 4.86. The van der Waals surface area contributed by atoms with Crippen molar-refractivity contribution in [1.29, 1.82) is 0 Å². The molecule has 4 heteroatoms. The van der Waals surface area contributed by atoms with Crippen LogP contribution in [0.3, 0.4) is 0 Å². The Bertz CT molecular complexity index is 635. The number of halogens is 1. The average Bonchev–Trinajstić information content (AvgIpc) is 2.44. The lowest BCUT2D eigenvalue weighted by molar-refractivity contribution is -0.141. The van der Waals surface area contributed by atoms with Gasteiger partial charge in [-0.1, -0.05) is 53.1 Å². The van der Waals surface area contributed by atoms with Crippen molar-refractivity contribution in [2.75, 3.05) is 12.4 Å². The SMILES string of the molecule is COC(=O)C(Nc1ccccc1Cl)c1cc(C)cc(C)c1. The second kappa shape index (κ2) is 6.64. The van der Waals surface area contributed by atoms with Gasteiger partial charge in [0.15, 0.2) is 6.04 Å². The topological polar surface area (TPSA) is 38.3 Å². The monoisotopic (exact) mass is 303 g/mol. The van der Waals surface area contributed by atoms with Gasteiger partial charge in [-0.15, -0.1) is 0 Å². The minimum absolute atomic E-state index is 0.347. The van der Waals surface area contributed by atoms with Gasteiger partial charge in [-0.2, -0.15) is 0 Å². The van der Waals surface area contributed by atoms with Crippen LogP contribution in [0.4, 0.5) is 5.69 Å². The smallest absolute Gasteiger partial charge is 0.332 e. The summed E-state index contributed by atoms with van der Waals surface area (Å²) < 4.78 is 4.91. The summed E-state index contributed by atoms with van der Waals surface area (Å²) in [5, 5.41) is 3.73. The van der Waals surface area contributed by atoms with Crippen LogP contribution >= 0.6 is 11.6 Å². The molecule has 1 unspecified atom stereocenters. The number of ether oxygens (including phenoxy) is 1. The van der Waals surface area contributed by atoms with Gasteiger partial charge in [-0.3, -0.25) is 0 Å². The van der Waals surface area contributed by atoms with E-state index in [2.05, 4.69) is 11.4 Å². The number of nitrogens with one attached hydrogen (secondary N) is 1. The van der Waals surface area contributed by atoms with Crippen LogP contribution in [0.1, 0.15) is 22.7 Å². The van der Waals surface area contributed by atoms with Crippen molar-refractivity contribution in [2.24, 2.45) is 0 Å². The molecule has 110 valence electrons. The Morgan fingerprint density at radius 1 is 1.14 bits per heavy atom. The largest absolute Gasteiger partial charge is 0.467 e. The molecule has 0 fully saturated rings. The minimum atomic E-state index is -0.589. The molecule has 3 nitrogen and oxygen atoms in total. The Morgan fingerprint density at radius 2 is 1.76 bits per heavy atom. The van der Waals surface area contributed by atoms with E-state index in [0.717, 1.165) is 16.7 Å². The lowest BCUT2D eigenvalue weighted by Gasteiger charge is -2.19. The van der Waals surface area contributed by atoms with Crippen molar-refractivity contribution in [3.05, 3.63) is 64.2 Å². The zero-order chi connectivity index (χ0) is 15.4. The van der Waals surface area contributed by atoms with Gasteiger partial charge in [-0.25, -0.2) is 4.79 Å². The molecular formula is C17H18ClNO2. The minimum Gasteiger partial charge on any atom is -0.467 e. The van der Waals surface area contributed by atoms with E-state index >= 15 is 0 Å². The molecule has 21 heavy (non-hydrogen) atoms. The van der Waals surface area contributed by atoms with Crippen LogP contribution in [0.25, 0.3) is 0 Å². The molecule has 0 aliphatic carbocycles. The van der Waals surface area contributed by atoms with Gasteiger partial charge >= 0.3 is 5.97 Å². The molecule has 0 saturated heterocycles. The third-order valence-electron chi connectivity index (χ3n) is 3.19. The molecule has 1 N–H and O–H groups in total. The standard InChI is InChI=1S/C17H18ClNO2/c1-11-8-12(2)10-13(9-11)16(17(20)21-3)19-15-7-5-4-6-14(15)18/h4-10,16,19H,1-3H3. The summed E-state index contributed by atoms with van der Waals surface area (Å²) >= 11 is 6.15. The fourth-order valence-electron chi connectivity index (χ4n) is 2.31. The highest BCUT2D eigenvalue weighted by atomic mass is 35.5. The van der Waals surface area contributed by atoms with Crippen LogP contribution in [0, 0.1) is 13.8 Å². The van der Waals surface area contributed by atoms with Gasteiger partial charge in [0.1, 0.15) is 0 Å². The second-order valence-electron chi connectivity index (χ2n) is 5.00. The normalized spacial score (nSPS) is 11.8. The van der Waals surface area contributed by atoms with E-state index in [1.54, 1.807) is 6.07 Å². The first-order valence-corrected chi connectivity index (χ1v) is 7.06. The lowest BCUT2D eigenvalue weighted by Crippen LogP contribution is -2.22. The van der Waals surface area contributed by atoms with E-state index in [0.29, 0.717) is 10.7 Å².